The maximum atomic E-state index is 11.3. The van der Waals surface area contributed by atoms with E-state index in [0.29, 0.717) is 11.3 Å². The van der Waals surface area contributed by atoms with Gasteiger partial charge in [-0.2, -0.15) is 0 Å². The number of halogens is 1. The van der Waals surface area contributed by atoms with E-state index in [9.17, 15) is 16.8 Å². The summed E-state index contributed by atoms with van der Waals surface area (Å²) in [6.07, 6.45) is 0. The number of aryl methyl sites for hydroxylation is 1. The molecule has 0 aliphatic heterocycles. The van der Waals surface area contributed by atoms with Gasteiger partial charge in [0.2, 0.25) is 0 Å². The van der Waals surface area contributed by atoms with Crippen molar-refractivity contribution in [1.82, 2.24) is 0 Å². The van der Waals surface area contributed by atoms with Crippen LogP contribution in [0.25, 0.3) is 0 Å². The van der Waals surface area contributed by atoms with E-state index < -0.39 is 18.9 Å². The van der Waals surface area contributed by atoms with E-state index in [1.54, 1.807) is 13.8 Å². The summed E-state index contributed by atoms with van der Waals surface area (Å²) >= 11 is 0. The van der Waals surface area contributed by atoms with Gasteiger partial charge in [0.15, 0.2) is 9.84 Å². The average molecular weight is 327 g/mol. The molecule has 0 saturated heterocycles. The van der Waals surface area contributed by atoms with Crippen molar-refractivity contribution in [3.8, 4) is 5.75 Å². The van der Waals surface area contributed by atoms with Gasteiger partial charge >= 0.3 is 0 Å². The highest BCUT2D eigenvalue weighted by Gasteiger charge is 2.13. The first-order valence-corrected chi connectivity index (χ1v) is 9.67. The topological polar surface area (TPSA) is 77.5 Å². The van der Waals surface area contributed by atoms with E-state index in [1.165, 1.54) is 18.2 Å². The molecule has 0 heterocycles. The SMILES string of the molecule is CCS(=O)(=O)CCOc1ccc(S(=O)(=O)Cl)cc1C. The van der Waals surface area contributed by atoms with Gasteiger partial charge in [-0.1, -0.05) is 6.92 Å². The van der Waals surface area contributed by atoms with Crippen LogP contribution in [0.4, 0.5) is 0 Å². The lowest BCUT2D eigenvalue weighted by atomic mass is 10.2. The second-order valence-corrected chi connectivity index (χ2v) is 8.99. The monoisotopic (exact) mass is 326 g/mol. The van der Waals surface area contributed by atoms with Crippen LogP contribution < -0.4 is 4.74 Å². The van der Waals surface area contributed by atoms with Gasteiger partial charge in [0, 0.05) is 16.4 Å². The molecule has 0 atom stereocenters. The Kier molecular flexibility index (Phi) is 5.23. The van der Waals surface area contributed by atoms with E-state index in [1.807, 2.05) is 0 Å². The van der Waals surface area contributed by atoms with Gasteiger partial charge in [-0.3, -0.25) is 0 Å². The Labute approximate surface area is 117 Å². The second-order valence-electron chi connectivity index (χ2n) is 3.95. The molecule has 0 radical (unpaired) electrons. The number of hydrogen-bond donors (Lipinski definition) is 0. The molecule has 108 valence electrons. The summed E-state index contributed by atoms with van der Waals surface area (Å²) in [5.41, 5.74) is 0.579. The molecule has 1 aromatic rings. The van der Waals surface area contributed by atoms with Gasteiger partial charge in [0.25, 0.3) is 9.05 Å². The first-order chi connectivity index (χ1) is 8.65. The van der Waals surface area contributed by atoms with Gasteiger partial charge in [-0.15, -0.1) is 0 Å². The fourth-order valence-electron chi connectivity index (χ4n) is 1.36. The Hall–Kier alpha value is -0.790. The molecule has 0 aromatic heterocycles. The number of hydrogen-bond acceptors (Lipinski definition) is 5. The minimum atomic E-state index is -3.77. The molecular weight excluding hydrogens is 312 g/mol. The predicted octanol–water partition coefficient (Wildman–Crippen LogP) is 1.74. The molecule has 0 spiro atoms. The zero-order chi connectivity index (χ0) is 14.7. The van der Waals surface area contributed by atoms with Crippen LogP contribution in [0.15, 0.2) is 23.1 Å². The van der Waals surface area contributed by atoms with Crippen LogP contribution in [0.2, 0.25) is 0 Å². The van der Waals surface area contributed by atoms with Gasteiger partial charge in [0.05, 0.1) is 10.6 Å². The zero-order valence-electron chi connectivity index (χ0n) is 10.6. The van der Waals surface area contributed by atoms with Gasteiger partial charge in [-0.25, -0.2) is 16.8 Å². The van der Waals surface area contributed by atoms with E-state index in [0.717, 1.165) is 0 Å². The lowest BCUT2D eigenvalue weighted by Gasteiger charge is -2.09. The lowest BCUT2D eigenvalue weighted by Crippen LogP contribution is -2.15. The molecule has 0 N–H and O–H groups in total. The molecule has 19 heavy (non-hydrogen) atoms. The summed E-state index contributed by atoms with van der Waals surface area (Å²) in [6.45, 7) is 3.26. The van der Waals surface area contributed by atoms with Crippen LogP contribution in [0.3, 0.4) is 0 Å². The minimum absolute atomic E-state index is 0.0137. The molecule has 1 aromatic carbocycles. The highest BCUT2D eigenvalue weighted by molar-refractivity contribution is 8.13. The summed E-state index contributed by atoms with van der Waals surface area (Å²) in [5, 5.41) is 0. The van der Waals surface area contributed by atoms with E-state index in [4.69, 9.17) is 15.4 Å². The Bertz CT molecular complexity index is 650. The lowest BCUT2D eigenvalue weighted by molar-refractivity contribution is 0.338. The van der Waals surface area contributed by atoms with Crippen LogP contribution in [-0.2, 0) is 18.9 Å². The van der Waals surface area contributed by atoms with Crippen molar-refractivity contribution in [3.63, 3.8) is 0 Å². The van der Waals surface area contributed by atoms with Crippen molar-refractivity contribution in [2.75, 3.05) is 18.1 Å². The number of rotatable bonds is 6. The smallest absolute Gasteiger partial charge is 0.261 e. The molecule has 8 heteroatoms. The summed E-state index contributed by atoms with van der Waals surface area (Å²) in [4.78, 5) is -0.0137. The van der Waals surface area contributed by atoms with Gasteiger partial charge in [0.1, 0.15) is 12.4 Å². The third kappa shape index (κ3) is 5.00. The van der Waals surface area contributed by atoms with Crippen molar-refractivity contribution in [1.29, 1.82) is 0 Å². The Balaban J connectivity index is 2.77. The summed E-state index contributed by atoms with van der Waals surface area (Å²) in [5.74, 6) is 0.437. The molecular formula is C11H15ClO5S2. The predicted molar refractivity (Wildman–Crippen MR) is 74.0 cm³/mol. The average Bonchev–Trinajstić information content (AvgIpc) is 2.30. The molecule has 0 amide bonds. The van der Waals surface area contributed by atoms with Crippen molar-refractivity contribution >= 4 is 29.6 Å². The van der Waals surface area contributed by atoms with Crippen LogP contribution >= 0.6 is 10.7 Å². The van der Waals surface area contributed by atoms with Crippen LogP contribution in [0.1, 0.15) is 12.5 Å². The van der Waals surface area contributed by atoms with E-state index in [2.05, 4.69) is 0 Å². The molecule has 0 aliphatic rings. The van der Waals surface area contributed by atoms with Crippen molar-refractivity contribution < 1.29 is 21.6 Å². The van der Waals surface area contributed by atoms with E-state index in [-0.39, 0.29) is 23.0 Å². The fraction of sp³-hybridized carbons (Fsp3) is 0.455. The molecule has 0 bridgehead atoms. The molecule has 0 saturated carbocycles. The third-order valence-corrected chi connectivity index (χ3v) is 5.54. The minimum Gasteiger partial charge on any atom is -0.492 e. The maximum Gasteiger partial charge on any atom is 0.261 e. The highest BCUT2D eigenvalue weighted by atomic mass is 35.7. The fourth-order valence-corrected chi connectivity index (χ4v) is 2.82. The summed E-state index contributed by atoms with van der Waals surface area (Å²) in [7, 11) is -1.63. The standard InChI is InChI=1S/C11H15ClO5S2/c1-3-18(13,14)7-6-17-11-5-4-10(8-9(11)2)19(12,15)16/h4-5,8H,3,6-7H2,1-2H3. The summed E-state index contributed by atoms with van der Waals surface area (Å²) in [6, 6.07) is 4.16. The Morgan fingerprint density at radius 3 is 2.32 bits per heavy atom. The van der Waals surface area contributed by atoms with Gasteiger partial charge in [-0.05, 0) is 30.7 Å². The second kappa shape index (κ2) is 6.11. The largest absolute Gasteiger partial charge is 0.492 e. The van der Waals surface area contributed by atoms with Crippen molar-refractivity contribution in [3.05, 3.63) is 23.8 Å². The molecule has 1 rings (SSSR count). The third-order valence-electron chi connectivity index (χ3n) is 2.52. The normalized spacial score (nSPS) is 12.4. The van der Waals surface area contributed by atoms with Crippen molar-refractivity contribution in [2.45, 2.75) is 18.7 Å². The quantitative estimate of drug-likeness (QED) is 0.744. The van der Waals surface area contributed by atoms with Crippen LogP contribution in [0.5, 0.6) is 5.75 Å². The number of benzene rings is 1. The summed E-state index contributed by atoms with van der Waals surface area (Å²) < 4.78 is 50.1. The zero-order valence-corrected chi connectivity index (χ0v) is 13.0. The molecule has 0 unspecified atom stereocenters. The van der Waals surface area contributed by atoms with Crippen LogP contribution in [0, 0.1) is 6.92 Å². The molecule has 5 nitrogen and oxygen atoms in total. The van der Waals surface area contributed by atoms with Crippen molar-refractivity contribution in [2.24, 2.45) is 0 Å². The molecule has 0 aliphatic carbocycles. The molecule has 0 fully saturated rings. The Morgan fingerprint density at radius 2 is 1.84 bits per heavy atom. The van der Waals surface area contributed by atoms with Gasteiger partial charge < -0.3 is 4.74 Å². The number of sulfone groups is 1. The number of ether oxygens (including phenoxy) is 1. The maximum absolute atomic E-state index is 11.3. The first-order valence-electron chi connectivity index (χ1n) is 5.54. The van der Waals surface area contributed by atoms with Crippen LogP contribution in [-0.4, -0.2) is 34.9 Å². The first kappa shape index (κ1) is 16.3. The van der Waals surface area contributed by atoms with E-state index >= 15 is 0 Å². The Morgan fingerprint density at radius 1 is 1.21 bits per heavy atom. The highest BCUT2D eigenvalue weighted by Crippen LogP contribution is 2.23.